The molecular weight excluding hydrogens is 249 g/mol. The number of nitrogens with zero attached hydrogens (tertiary/aromatic N) is 1. The van der Waals surface area contributed by atoms with Crippen LogP contribution in [0, 0.1) is 5.82 Å². The molecule has 0 aliphatic heterocycles. The van der Waals surface area contributed by atoms with Crippen LogP contribution in [-0.4, -0.2) is 35.0 Å². The molecule has 0 heterocycles. The molecular formula is C14H18FNO3. The van der Waals surface area contributed by atoms with Crippen LogP contribution in [0.25, 0.3) is 0 Å². The molecule has 1 N–H and O–H groups in total. The van der Waals surface area contributed by atoms with Crippen molar-refractivity contribution in [3.63, 3.8) is 0 Å². The standard InChI is InChI=1S/C14H18FNO3/c1-3-12(14(18)19)16(2)13(17)9-6-10-4-7-11(15)8-5-10/h4-5,7-8,12H,3,6,9H2,1-2H3,(H,18,19). The third-order valence-corrected chi connectivity index (χ3v) is 3.07. The maximum Gasteiger partial charge on any atom is 0.326 e. The van der Waals surface area contributed by atoms with E-state index < -0.39 is 12.0 Å². The molecule has 0 fully saturated rings. The third-order valence-electron chi connectivity index (χ3n) is 3.07. The summed E-state index contributed by atoms with van der Waals surface area (Å²) < 4.78 is 12.7. The lowest BCUT2D eigenvalue weighted by molar-refractivity contribution is -0.149. The molecule has 1 aromatic carbocycles. The Labute approximate surface area is 111 Å². The second kappa shape index (κ2) is 6.87. The van der Waals surface area contributed by atoms with Gasteiger partial charge in [0, 0.05) is 13.5 Å². The summed E-state index contributed by atoms with van der Waals surface area (Å²) in [5.41, 5.74) is 0.853. The zero-order valence-electron chi connectivity index (χ0n) is 11.1. The normalized spacial score (nSPS) is 11.9. The highest BCUT2D eigenvalue weighted by Gasteiger charge is 2.24. The molecule has 104 valence electrons. The number of aryl methyl sites for hydroxylation is 1. The van der Waals surface area contributed by atoms with Crippen LogP contribution in [0.2, 0.25) is 0 Å². The Morgan fingerprint density at radius 3 is 2.37 bits per heavy atom. The summed E-state index contributed by atoms with van der Waals surface area (Å²) in [6.45, 7) is 1.72. The second-order valence-corrected chi connectivity index (χ2v) is 4.39. The number of carbonyl (C=O) groups is 2. The van der Waals surface area contributed by atoms with Gasteiger partial charge in [0.2, 0.25) is 5.91 Å². The maximum absolute atomic E-state index is 12.7. The van der Waals surface area contributed by atoms with Crippen molar-refractivity contribution in [1.82, 2.24) is 4.90 Å². The highest BCUT2D eigenvalue weighted by atomic mass is 19.1. The van der Waals surface area contributed by atoms with Gasteiger partial charge in [0.1, 0.15) is 11.9 Å². The van der Waals surface area contributed by atoms with Crippen LogP contribution >= 0.6 is 0 Å². The Bertz CT molecular complexity index is 445. The predicted molar refractivity (Wildman–Crippen MR) is 69.2 cm³/mol. The van der Waals surface area contributed by atoms with Crippen molar-refractivity contribution in [2.24, 2.45) is 0 Å². The first kappa shape index (κ1) is 15.1. The molecule has 4 nitrogen and oxygen atoms in total. The minimum atomic E-state index is -1.000. The lowest BCUT2D eigenvalue weighted by Gasteiger charge is -2.23. The highest BCUT2D eigenvalue weighted by Crippen LogP contribution is 2.09. The Hall–Kier alpha value is -1.91. The molecule has 1 rings (SSSR count). The maximum atomic E-state index is 12.7. The number of carbonyl (C=O) groups excluding carboxylic acids is 1. The van der Waals surface area contributed by atoms with Gasteiger partial charge in [-0.3, -0.25) is 4.79 Å². The number of carboxylic acids is 1. The number of aliphatic carboxylic acids is 1. The molecule has 1 unspecified atom stereocenters. The van der Waals surface area contributed by atoms with Gasteiger partial charge < -0.3 is 10.0 Å². The first-order valence-electron chi connectivity index (χ1n) is 6.18. The minimum Gasteiger partial charge on any atom is -0.480 e. The van der Waals surface area contributed by atoms with Gasteiger partial charge in [-0.25, -0.2) is 9.18 Å². The van der Waals surface area contributed by atoms with Crippen molar-refractivity contribution in [3.8, 4) is 0 Å². The molecule has 1 aromatic rings. The van der Waals surface area contributed by atoms with E-state index in [0.717, 1.165) is 5.56 Å². The van der Waals surface area contributed by atoms with Gasteiger partial charge in [-0.1, -0.05) is 19.1 Å². The van der Waals surface area contributed by atoms with E-state index in [9.17, 15) is 14.0 Å². The van der Waals surface area contributed by atoms with Gasteiger partial charge in [0.15, 0.2) is 0 Å². The van der Waals surface area contributed by atoms with Crippen LogP contribution in [0.1, 0.15) is 25.3 Å². The van der Waals surface area contributed by atoms with E-state index in [0.29, 0.717) is 12.8 Å². The Kier molecular flexibility index (Phi) is 5.48. The monoisotopic (exact) mass is 267 g/mol. The van der Waals surface area contributed by atoms with E-state index in [4.69, 9.17) is 5.11 Å². The van der Waals surface area contributed by atoms with Crippen LogP contribution in [0.15, 0.2) is 24.3 Å². The zero-order valence-corrected chi connectivity index (χ0v) is 11.1. The highest BCUT2D eigenvalue weighted by molar-refractivity contribution is 5.83. The van der Waals surface area contributed by atoms with Crippen molar-refractivity contribution in [1.29, 1.82) is 0 Å². The summed E-state index contributed by atoms with van der Waals surface area (Å²) in [6.07, 6.45) is 1.06. The molecule has 1 amide bonds. The van der Waals surface area contributed by atoms with Gasteiger partial charge in [-0.05, 0) is 30.5 Å². The summed E-state index contributed by atoms with van der Waals surface area (Å²) in [7, 11) is 1.50. The average Bonchev–Trinajstić information content (AvgIpc) is 2.38. The van der Waals surface area contributed by atoms with E-state index in [2.05, 4.69) is 0 Å². The molecule has 0 aliphatic rings. The fraction of sp³-hybridized carbons (Fsp3) is 0.429. The van der Waals surface area contributed by atoms with Gasteiger partial charge in [0.05, 0.1) is 0 Å². The van der Waals surface area contributed by atoms with Crippen molar-refractivity contribution in [2.45, 2.75) is 32.2 Å². The summed E-state index contributed by atoms with van der Waals surface area (Å²) in [6, 6.07) is 5.14. The molecule has 0 bridgehead atoms. The fourth-order valence-corrected chi connectivity index (χ4v) is 1.87. The number of amides is 1. The third kappa shape index (κ3) is 4.35. The molecule has 0 radical (unpaired) electrons. The quantitative estimate of drug-likeness (QED) is 0.858. The second-order valence-electron chi connectivity index (χ2n) is 4.39. The van der Waals surface area contributed by atoms with Crippen molar-refractivity contribution in [2.75, 3.05) is 7.05 Å². The topological polar surface area (TPSA) is 57.6 Å². The van der Waals surface area contributed by atoms with E-state index in [1.165, 1.54) is 24.1 Å². The van der Waals surface area contributed by atoms with Crippen molar-refractivity contribution in [3.05, 3.63) is 35.6 Å². The number of benzene rings is 1. The molecule has 5 heteroatoms. The van der Waals surface area contributed by atoms with E-state index in [-0.39, 0.29) is 18.1 Å². The van der Waals surface area contributed by atoms with Crippen molar-refractivity contribution < 1.29 is 19.1 Å². The smallest absolute Gasteiger partial charge is 0.326 e. The number of carboxylic acid groups (broad SMARTS) is 1. The van der Waals surface area contributed by atoms with Crippen molar-refractivity contribution >= 4 is 11.9 Å². The fourth-order valence-electron chi connectivity index (χ4n) is 1.87. The Morgan fingerprint density at radius 2 is 1.89 bits per heavy atom. The van der Waals surface area contributed by atoms with Crippen LogP contribution in [-0.2, 0) is 16.0 Å². The summed E-state index contributed by atoms with van der Waals surface area (Å²) >= 11 is 0. The molecule has 19 heavy (non-hydrogen) atoms. The molecule has 0 saturated heterocycles. The van der Waals surface area contributed by atoms with Gasteiger partial charge in [0.25, 0.3) is 0 Å². The number of halogens is 1. The molecule has 0 aliphatic carbocycles. The van der Waals surface area contributed by atoms with Crippen LogP contribution in [0.4, 0.5) is 4.39 Å². The Morgan fingerprint density at radius 1 is 1.32 bits per heavy atom. The summed E-state index contributed by atoms with van der Waals surface area (Å²) in [5, 5.41) is 8.97. The minimum absolute atomic E-state index is 0.214. The average molecular weight is 267 g/mol. The van der Waals surface area contributed by atoms with Crippen LogP contribution in [0.3, 0.4) is 0 Å². The molecule has 0 aromatic heterocycles. The molecule has 0 saturated carbocycles. The van der Waals surface area contributed by atoms with E-state index in [1.54, 1.807) is 19.1 Å². The first-order chi connectivity index (χ1) is 8.95. The lowest BCUT2D eigenvalue weighted by atomic mass is 10.1. The number of hydrogen-bond donors (Lipinski definition) is 1. The predicted octanol–water partition coefficient (Wildman–Crippen LogP) is 2.08. The molecule has 0 spiro atoms. The first-order valence-corrected chi connectivity index (χ1v) is 6.18. The zero-order chi connectivity index (χ0) is 14.4. The summed E-state index contributed by atoms with van der Waals surface area (Å²) in [5.74, 6) is -1.54. The number of likely N-dealkylation sites (N-methyl/N-ethyl adjacent to an activating group) is 1. The van der Waals surface area contributed by atoms with Gasteiger partial charge in [-0.2, -0.15) is 0 Å². The van der Waals surface area contributed by atoms with Crippen LogP contribution in [0.5, 0.6) is 0 Å². The Balaban J connectivity index is 2.55. The SMILES string of the molecule is CCC(C(=O)O)N(C)C(=O)CCc1ccc(F)cc1. The molecule has 1 atom stereocenters. The number of rotatable bonds is 6. The summed E-state index contributed by atoms with van der Waals surface area (Å²) in [4.78, 5) is 24.1. The number of hydrogen-bond acceptors (Lipinski definition) is 2. The van der Waals surface area contributed by atoms with Gasteiger partial charge >= 0.3 is 5.97 Å². The van der Waals surface area contributed by atoms with Crippen LogP contribution < -0.4 is 0 Å². The van der Waals surface area contributed by atoms with E-state index >= 15 is 0 Å². The lowest BCUT2D eigenvalue weighted by Crippen LogP contribution is -2.42. The largest absolute Gasteiger partial charge is 0.480 e. The van der Waals surface area contributed by atoms with Gasteiger partial charge in [-0.15, -0.1) is 0 Å². The van der Waals surface area contributed by atoms with E-state index in [1.807, 2.05) is 0 Å².